The van der Waals surface area contributed by atoms with Crippen LogP contribution in [0.15, 0.2) is 36.0 Å². The van der Waals surface area contributed by atoms with Crippen LogP contribution in [0.4, 0.5) is 0 Å². The number of rotatable bonds is 1. The molecule has 0 amide bonds. The Kier molecular flexibility index (Phi) is 3.63. The minimum atomic E-state index is -0.908. The van der Waals surface area contributed by atoms with Crippen molar-refractivity contribution in [2.75, 3.05) is 0 Å². The molecule has 0 saturated heterocycles. The van der Waals surface area contributed by atoms with Gasteiger partial charge in [0.05, 0.1) is 6.42 Å². The van der Waals surface area contributed by atoms with Crippen LogP contribution in [0.25, 0.3) is 0 Å². The third-order valence-electron chi connectivity index (χ3n) is 2.35. The van der Waals surface area contributed by atoms with Crippen molar-refractivity contribution < 1.29 is 19.0 Å². The molecule has 0 saturated carbocycles. The van der Waals surface area contributed by atoms with E-state index in [0.717, 1.165) is 0 Å². The maximum Gasteiger partial charge on any atom is 0.307 e. The number of ether oxygens (including phenoxy) is 3. The number of carbonyl (C=O) groups is 1. The summed E-state index contributed by atoms with van der Waals surface area (Å²) in [7, 11) is 0. The van der Waals surface area contributed by atoms with Crippen LogP contribution in [0.5, 0.6) is 0 Å². The van der Waals surface area contributed by atoms with Crippen molar-refractivity contribution >= 4 is 5.97 Å². The minimum Gasteiger partial charge on any atom is -0.452 e. The lowest BCUT2D eigenvalue weighted by atomic mass is 10.2. The van der Waals surface area contributed by atoms with E-state index < -0.39 is 5.79 Å². The van der Waals surface area contributed by atoms with Crippen LogP contribution in [0, 0.1) is 23.7 Å². The maximum absolute atomic E-state index is 10.9. The average molecular weight is 256 g/mol. The molecule has 19 heavy (non-hydrogen) atoms. The number of allylic oxidation sites excluding steroid dienone is 2. The van der Waals surface area contributed by atoms with E-state index >= 15 is 0 Å². The molecule has 4 nitrogen and oxygen atoms in total. The van der Waals surface area contributed by atoms with E-state index in [1.54, 1.807) is 25.2 Å². The van der Waals surface area contributed by atoms with E-state index in [4.69, 9.17) is 14.2 Å². The summed E-state index contributed by atoms with van der Waals surface area (Å²) in [5, 5.41) is 0. The van der Waals surface area contributed by atoms with Gasteiger partial charge in [-0.1, -0.05) is 11.8 Å². The van der Waals surface area contributed by atoms with Crippen LogP contribution in [-0.4, -0.2) is 11.8 Å². The molecule has 0 fully saturated rings. The predicted octanol–water partition coefficient (Wildman–Crippen LogP) is 2.00. The Morgan fingerprint density at radius 1 is 1.53 bits per heavy atom. The molecule has 0 aromatic carbocycles. The van der Waals surface area contributed by atoms with Gasteiger partial charge < -0.3 is 14.2 Å². The van der Waals surface area contributed by atoms with Crippen LogP contribution in [-0.2, 0) is 19.0 Å². The monoisotopic (exact) mass is 256 g/mol. The number of hydrogen-bond acceptors (Lipinski definition) is 4. The van der Waals surface area contributed by atoms with Crippen LogP contribution in [0.2, 0.25) is 0 Å². The second kappa shape index (κ2) is 5.37. The van der Waals surface area contributed by atoms with Crippen molar-refractivity contribution in [3.05, 3.63) is 36.0 Å². The molecule has 0 unspecified atom stereocenters. The van der Waals surface area contributed by atoms with E-state index in [9.17, 15) is 4.79 Å². The molecular weight excluding hydrogens is 244 g/mol. The van der Waals surface area contributed by atoms with Gasteiger partial charge in [0, 0.05) is 19.1 Å². The fourth-order valence-corrected chi connectivity index (χ4v) is 1.65. The summed E-state index contributed by atoms with van der Waals surface area (Å²) in [6, 6.07) is 0. The largest absolute Gasteiger partial charge is 0.452 e. The van der Waals surface area contributed by atoms with Gasteiger partial charge in [0.1, 0.15) is 12.0 Å². The third kappa shape index (κ3) is 3.20. The van der Waals surface area contributed by atoms with Crippen molar-refractivity contribution in [3.63, 3.8) is 0 Å². The minimum absolute atomic E-state index is 0.350. The highest BCUT2D eigenvalue weighted by molar-refractivity contribution is 5.67. The summed E-state index contributed by atoms with van der Waals surface area (Å²) in [5.74, 6) is 10.5. The van der Waals surface area contributed by atoms with Crippen molar-refractivity contribution in [3.8, 4) is 23.7 Å². The van der Waals surface area contributed by atoms with Crippen LogP contribution in [0.3, 0.4) is 0 Å². The number of hydrogen-bond donors (Lipinski definition) is 0. The highest BCUT2D eigenvalue weighted by Crippen LogP contribution is 2.38. The second-order valence-corrected chi connectivity index (χ2v) is 3.91. The highest BCUT2D eigenvalue weighted by Gasteiger charge is 2.41. The summed E-state index contributed by atoms with van der Waals surface area (Å²) >= 11 is 0. The average Bonchev–Trinajstić information content (AvgIpc) is 2.93. The lowest BCUT2D eigenvalue weighted by Crippen LogP contribution is -2.25. The smallest absolute Gasteiger partial charge is 0.307 e. The van der Waals surface area contributed by atoms with E-state index in [-0.39, 0.29) is 5.97 Å². The van der Waals surface area contributed by atoms with Gasteiger partial charge in [-0.3, -0.25) is 4.79 Å². The van der Waals surface area contributed by atoms with Gasteiger partial charge in [0.25, 0.3) is 5.79 Å². The highest BCUT2D eigenvalue weighted by atomic mass is 16.7. The summed E-state index contributed by atoms with van der Waals surface area (Å²) in [6.45, 7) is 3.06. The Bertz CT molecular complexity index is 602. The van der Waals surface area contributed by atoms with Gasteiger partial charge in [-0.25, -0.2) is 0 Å². The topological polar surface area (TPSA) is 44.8 Å². The van der Waals surface area contributed by atoms with Crippen molar-refractivity contribution in [2.45, 2.75) is 26.1 Å². The van der Waals surface area contributed by atoms with Crippen LogP contribution >= 0.6 is 0 Å². The first-order chi connectivity index (χ1) is 9.13. The van der Waals surface area contributed by atoms with Gasteiger partial charge >= 0.3 is 5.97 Å². The van der Waals surface area contributed by atoms with Crippen LogP contribution in [0.1, 0.15) is 20.3 Å². The summed E-state index contributed by atoms with van der Waals surface area (Å²) in [6.07, 6.45) is 6.88. The fourth-order valence-electron chi connectivity index (χ4n) is 1.65. The molecule has 0 aromatic rings. The predicted molar refractivity (Wildman–Crippen MR) is 67.8 cm³/mol. The van der Waals surface area contributed by atoms with E-state index in [2.05, 4.69) is 23.7 Å². The first kappa shape index (κ1) is 12.9. The first-order valence-electron chi connectivity index (χ1n) is 5.69. The third-order valence-corrected chi connectivity index (χ3v) is 2.35. The van der Waals surface area contributed by atoms with E-state index in [1.165, 1.54) is 13.2 Å². The summed E-state index contributed by atoms with van der Waals surface area (Å²) in [4.78, 5) is 10.9. The molecule has 1 atom stereocenters. The SMILES string of the molecule is CC#CC#C/C=C1/C=C[C@]2(CC(OC(C)=O)=CO2)O1. The molecule has 1 spiro atoms. The molecule has 2 aliphatic rings. The normalized spacial score (nSPS) is 24.7. The Morgan fingerprint density at radius 3 is 3.11 bits per heavy atom. The Hall–Kier alpha value is -2.59. The zero-order valence-corrected chi connectivity index (χ0v) is 10.6. The number of esters is 1. The first-order valence-corrected chi connectivity index (χ1v) is 5.69. The lowest BCUT2D eigenvalue weighted by Gasteiger charge is -2.21. The zero-order chi connectivity index (χ0) is 13.7. The van der Waals surface area contributed by atoms with Crippen molar-refractivity contribution in [1.82, 2.24) is 0 Å². The van der Waals surface area contributed by atoms with Gasteiger partial charge in [0.2, 0.25) is 0 Å². The van der Waals surface area contributed by atoms with E-state index in [0.29, 0.717) is 17.9 Å². The van der Waals surface area contributed by atoms with Gasteiger partial charge in [-0.2, -0.15) is 0 Å². The second-order valence-electron chi connectivity index (χ2n) is 3.91. The van der Waals surface area contributed by atoms with Crippen LogP contribution < -0.4 is 0 Å². The molecule has 2 rings (SSSR count). The fraction of sp³-hybridized carbons (Fsp3) is 0.267. The van der Waals surface area contributed by atoms with Gasteiger partial charge in [0.15, 0.2) is 5.76 Å². The quantitative estimate of drug-likeness (QED) is 0.531. The molecule has 0 bridgehead atoms. The molecule has 0 aliphatic carbocycles. The molecule has 2 heterocycles. The van der Waals surface area contributed by atoms with E-state index in [1.807, 2.05) is 0 Å². The Labute approximate surface area is 111 Å². The molecule has 0 N–H and O–H groups in total. The summed E-state index contributed by atoms with van der Waals surface area (Å²) in [5.41, 5.74) is 0. The Balaban J connectivity index is 1.97. The molecule has 0 radical (unpaired) electrons. The standard InChI is InChI=1S/C15H12O4/c1-3-4-5-6-7-13-8-9-15(19-13)10-14(11-17-15)18-12(2)16/h7-9,11H,10H2,1-2H3/b13-7-/t15-/m1/s1. The van der Waals surface area contributed by atoms with Gasteiger partial charge in [-0.05, 0) is 24.8 Å². The van der Waals surface area contributed by atoms with Gasteiger partial charge in [-0.15, -0.1) is 0 Å². The maximum atomic E-state index is 10.9. The lowest BCUT2D eigenvalue weighted by molar-refractivity contribution is -0.138. The van der Waals surface area contributed by atoms with Crippen molar-refractivity contribution in [2.24, 2.45) is 0 Å². The summed E-state index contributed by atoms with van der Waals surface area (Å²) < 4.78 is 16.0. The molecular formula is C15H12O4. The molecule has 0 aromatic heterocycles. The van der Waals surface area contributed by atoms with Crippen molar-refractivity contribution in [1.29, 1.82) is 0 Å². The molecule has 4 heteroatoms. The zero-order valence-electron chi connectivity index (χ0n) is 10.6. The molecule has 96 valence electrons. The molecule has 2 aliphatic heterocycles. The number of carbonyl (C=O) groups excluding carboxylic acids is 1. The Morgan fingerprint density at radius 2 is 2.37 bits per heavy atom.